The number of thiocarbonyl (C=S) groups is 1. The van der Waals surface area contributed by atoms with Gasteiger partial charge in [-0.3, -0.25) is 5.43 Å². The van der Waals surface area contributed by atoms with E-state index >= 15 is 0 Å². The highest BCUT2D eigenvalue weighted by Gasteiger charge is 2.02. The number of ether oxygens (including phenoxy) is 1. The Hall–Kier alpha value is -1.76. The third kappa shape index (κ3) is 6.66. The largest absolute Gasteiger partial charge is 0.435 e. The van der Waals surface area contributed by atoms with Gasteiger partial charge in [-0.15, -0.1) is 0 Å². The lowest BCUT2D eigenvalue weighted by Gasteiger charge is -2.09. The second-order valence-corrected chi connectivity index (χ2v) is 4.35. The Morgan fingerprint density at radius 3 is 2.47 bits per heavy atom. The summed E-state index contributed by atoms with van der Waals surface area (Å²) in [6.45, 7) is 1.10. The van der Waals surface area contributed by atoms with Gasteiger partial charge >= 0.3 is 6.61 Å². The minimum absolute atomic E-state index is 0.108. The number of rotatable bonds is 5. The summed E-state index contributed by atoms with van der Waals surface area (Å²) in [4.78, 5) is 0. The summed E-state index contributed by atoms with van der Waals surface area (Å²) >= 11 is 4.97. The molecule has 4 nitrogen and oxygen atoms in total. The average Bonchev–Trinajstić information content (AvgIpc) is 2.29. The molecule has 1 rings (SSSR count). The molecular formula is C12H15F2N3OS. The molecule has 0 aliphatic rings. The molecule has 0 radical (unpaired) electrons. The van der Waals surface area contributed by atoms with Crippen LogP contribution in [0.1, 0.15) is 19.4 Å². The van der Waals surface area contributed by atoms with Crippen LogP contribution in [0.4, 0.5) is 8.78 Å². The fraction of sp³-hybridized carbons (Fsp3) is 0.333. The number of alkyl halides is 2. The topological polar surface area (TPSA) is 45.7 Å². The smallest absolute Gasteiger partial charge is 0.387 e. The minimum atomic E-state index is -2.82. The Morgan fingerprint density at radius 1 is 1.32 bits per heavy atom. The van der Waals surface area contributed by atoms with Crippen LogP contribution in [0.25, 0.3) is 0 Å². The zero-order valence-corrected chi connectivity index (χ0v) is 11.4. The van der Waals surface area contributed by atoms with Crippen molar-refractivity contribution >= 4 is 23.5 Å². The molecule has 7 heteroatoms. The summed E-state index contributed by atoms with van der Waals surface area (Å²) in [6, 6.07) is 6.33. The van der Waals surface area contributed by atoms with E-state index in [-0.39, 0.29) is 11.8 Å². The zero-order valence-electron chi connectivity index (χ0n) is 10.6. The van der Waals surface area contributed by atoms with Gasteiger partial charge in [0.1, 0.15) is 5.75 Å². The van der Waals surface area contributed by atoms with Gasteiger partial charge in [0, 0.05) is 6.04 Å². The van der Waals surface area contributed by atoms with E-state index in [4.69, 9.17) is 12.2 Å². The van der Waals surface area contributed by atoms with Gasteiger partial charge in [0.15, 0.2) is 5.11 Å². The molecule has 0 unspecified atom stereocenters. The molecule has 104 valence electrons. The van der Waals surface area contributed by atoms with E-state index in [0.717, 1.165) is 5.56 Å². The van der Waals surface area contributed by atoms with Crippen LogP contribution in [0.15, 0.2) is 29.4 Å². The Labute approximate surface area is 115 Å². The van der Waals surface area contributed by atoms with E-state index in [1.807, 2.05) is 13.8 Å². The molecule has 0 heterocycles. The van der Waals surface area contributed by atoms with Crippen LogP contribution >= 0.6 is 12.2 Å². The maximum absolute atomic E-state index is 11.9. The molecule has 0 fully saturated rings. The maximum atomic E-state index is 11.9. The first-order valence-corrected chi connectivity index (χ1v) is 6.02. The van der Waals surface area contributed by atoms with E-state index < -0.39 is 6.61 Å². The SMILES string of the molecule is CC(C)NC(=S)NN=Cc1ccc(OC(F)F)cc1. The second-order valence-electron chi connectivity index (χ2n) is 3.95. The van der Waals surface area contributed by atoms with Crippen LogP contribution < -0.4 is 15.5 Å². The Bertz CT molecular complexity index is 435. The first kappa shape index (κ1) is 15.3. The molecule has 0 aliphatic heterocycles. The highest BCUT2D eigenvalue weighted by molar-refractivity contribution is 7.80. The lowest BCUT2D eigenvalue weighted by molar-refractivity contribution is -0.0498. The summed E-state index contributed by atoms with van der Waals surface area (Å²) in [5, 5.41) is 7.30. The lowest BCUT2D eigenvalue weighted by atomic mass is 10.2. The summed E-state index contributed by atoms with van der Waals surface area (Å²) in [6.07, 6.45) is 1.53. The van der Waals surface area contributed by atoms with E-state index in [0.29, 0.717) is 5.11 Å². The standard InChI is InChI=1S/C12H15F2N3OS/c1-8(2)16-12(19)17-15-7-9-3-5-10(6-4-9)18-11(13)14/h3-8,11H,1-2H3,(H2,16,17,19). The normalized spacial score (nSPS) is 11.1. The van der Waals surface area contributed by atoms with Gasteiger partial charge in [0.25, 0.3) is 0 Å². The van der Waals surface area contributed by atoms with Crippen LogP contribution in [0.2, 0.25) is 0 Å². The first-order chi connectivity index (χ1) is 8.97. The molecule has 0 aliphatic carbocycles. The van der Waals surface area contributed by atoms with Gasteiger partial charge in [0.2, 0.25) is 0 Å². The summed E-state index contributed by atoms with van der Waals surface area (Å²) in [5.41, 5.74) is 3.39. The van der Waals surface area contributed by atoms with Crippen LogP contribution in [0.5, 0.6) is 5.75 Å². The molecule has 19 heavy (non-hydrogen) atoms. The van der Waals surface area contributed by atoms with Crippen molar-refractivity contribution < 1.29 is 13.5 Å². The van der Waals surface area contributed by atoms with Crippen LogP contribution in [0, 0.1) is 0 Å². The molecule has 0 aromatic heterocycles. The highest BCUT2D eigenvalue weighted by Crippen LogP contribution is 2.13. The molecule has 1 aromatic carbocycles. The van der Waals surface area contributed by atoms with Gasteiger partial charge in [-0.05, 0) is 55.9 Å². The number of hydrazone groups is 1. The van der Waals surface area contributed by atoms with Crippen molar-refractivity contribution in [1.82, 2.24) is 10.7 Å². The molecule has 0 saturated heterocycles. The maximum Gasteiger partial charge on any atom is 0.387 e. The molecule has 0 bridgehead atoms. The number of hydrogen-bond donors (Lipinski definition) is 2. The van der Waals surface area contributed by atoms with Gasteiger partial charge in [-0.1, -0.05) is 0 Å². The molecule has 1 aromatic rings. The third-order valence-corrected chi connectivity index (χ3v) is 2.11. The van der Waals surface area contributed by atoms with E-state index in [9.17, 15) is 8.78 Å². The molecule has 0 spiro atoms. The van der Waals surface area contributed by atoms with E-state index in [1.54, 1.807) is 12.1 Å². The van der Waals surface area contributed by atoms with E-state index in [1.165, 1.54) is 18.3 Å². The highest BCUT2D eigenvalue weighted by atomic mass is 32.1. The van der Waals surface area contributed by atoms with Gasteiger partial charge in [-0.2, -0.15) is 13.9 Å². The van der Waals surface area contributed by atoms with Gasteiger partial charge < -0.3 is 10.1 Å². The van der Waals surface area contributed by atoms with Crippen molar-refractivity contribution in [3.63, 3.8) is 0 Å². The predicted molar refractivity (Wildman–Crippen MR) is 74.7 cm³/mol. The Morgan fingerprint density at radius 2 is 1.95 bits per heavy atom. The number of nitrogens with zero attached hydrogens (tertiary/aromatic N) is 1. The molecule has 0 amide bonds. The fourth-order valence-corrected chi connectivity index (χ4v) is 1.48. The monoisotopic (exact) mass is 287 g/mol. The van der Waals surface area contributed by atoms with Crippen molar-refractivity contribution in [2.75, 3.05) is 0 Å². The van der Waals surface area contributed by atoms with Gasteiger partial charge in [0.05, 0.1) is 6.21 Å². The van der Waals surface area contributed by atoms with Crippen molar-refractivity contribution in [2.24, 2.45) is 5.10 Å². The third-order valence-electron chi connectivity index (χ3n) is 1.90. The number of halogens is 2. The summed E-state index contributed by atoms with van der Waals surface area (Å²) in [7, 11) is 0. The average molecular weight is 287 g/mol. The van der Waals surface area contributed by atoms with Crippen molar-refractivity contribution in [1.29, 1.82) is 0 Å². The molecule has 2 N–H and O–H groups in total. The lowest BCUT2D eigenvalue weighted by Crippen LogP contribution is -2.36. The van der Waals surface area contributed by atoms with Crippen molar-refractivity contribution in [3.8, 4) is 5.75 Å². The minimum Gasteiger partial charge on any atom is -0.435 e. The summed E-state index contributed by atoms with van der Waals surface area (Å²) in [5.74, 6) is 0.108. The van der Waals surface area contributed by atoms with E-state index in [2.05, 4.69) is 20.6 Å². The number of benzene rings is 1. The van der Waals surface area contributed by atoms with Crippen molar-refractivity contribution in [2.45, 2.75) is 26.5 Å². The van der Waals surface area contributed by atoms with Gasteiger partial charge in [-0.25, -0.2) is 0 Å². The Kier molecular flexibility index (Phi) is 6.14. The number of nitrogens with one attached hydrogen (secondary N) is 2. The fourth-order valence-electron chi connectivity index (χ4n) is 1.20. The molecule has 0 atom stereocenters. The molecule has 0 saturated carbocycles. The number of hydrogen-bond acceptors (Lipinski definition) is 3. The van der Waals surface area contributed by atoms with Crippen LogP contribution in [-0.2, 0) is 0 Å². The predicted octanol–water partition coefficient (Wildman–Crippen LogP) is 2.49. The first-order valence-electron chi connectivity index (χ1n) is 5.62. The van der Waals surface area contributed by atoms with Crippen molar-refractivity contribution in [3.05, 3.63) is 29.8 Å². The molecular weight excluding hydrogens is 272 g/mol. The quantitative estimate of drug-likeness (QED) is 0.496. The zero-order chi connectivity index (χ0) is 14.3. The Balaban J connectivity index is 2.46. The second kappa shape index (κ2) is 7.63. The van der Waals surface area contributed by atoms with Crippen LogP contribution in [0.3, 0.4) is 0 Å². The van der Waals surface area contributed by atoms with Crippen LogP contribution in [-0.4, -0.2) is 24.0 Å². The summed E-state index contributed by atoms with van der Waals surface area (Å²) < 4.78 is 28.1.